The van der Waals surface area contributed by atoms with Crippen LogP contribution in [0.2, 0.25) is 0 Å². The summed E-state index contributed by atoms with van der Waals surface area (Å²) in [5.74, 6) is 0.977. The van der Waals surface area contributed by atoms with Crippen molar-refractivity contribution in [3.8, 4) is 10.7 Å². The summed E-state index contributed by atoms with van der Waals surface area (Å²) in [5.41, 5.74) is 1.16. The first-order valence-corrected chi connectivity index (χ1v) is 12.7. The smallest absolute Gasteiger partial charge is 0.254 e. The summed E-state index contributed by atoms with van der Waals surface area (Å²) < 4.78 is 32.5. The van der Waals surface area contributed by atoms with Crippen LogP contribution >= 0.6 is 11.3 Å². The van der Waals surface area contributed by atoms with E-state index in [1.54, 1.807) is 29.2 Å². The van der Waals surface area contributed by atoms with Crippen LogP contribution in [0.1, 0.15) is 28.7 Å². The van der Waals surface area contributed by atoms with E-state index in [-0.39, 0.29) is 17.3 Å². The molecule has 9 nitrogen and oxygen atoms in total. The number of thiophene rings is 1. The minimum atomic E-state index is -3.62. The number of rotatable bonds is 7. The fraction of sp³-hybridized carbons (Fsp3) is 0.381. The molecule has 2 aromatic heterocycles. The average Bonchev–Trinajstić information content (AvgIpc) is 3.46. The molecule has 3 heterocycles. The number of nitrogens with one attached hydrogen (secondary N) is 1. The maximum atomic E-state index is 13.1. The van der Waals surface area contributed by atoms with Gasteiger partial charge in [-0.2, -0.15) is 4.98 Å². The fourth-order valence-electron chi connectivity index (χ4n) is 3.57. The van der Waals surface area contributed by atoms with Crippen LogP contribution in [-0.2, 0) is 16.6 Å². The van der Waals surface area contributed by atoms with E-state index in [2.05, 4.69) is 19.8 Å². The molecule has 11 heteroatoms. The summed E-state index contributed by atoms with van der Waals surface area (Å²) in [5, 5.41) is 6.00. The van der Waals surface area contributed by atoms with E-state index in [0.717, 1.165) is 10.4 Å². The molecule has 1 aliphatic rings. The molecule has 1 aliphatic heterocycles. The third kappa shape index (κ3) is 4.90. The van der Waals surface area contributed by atoms with Gasteiger partial charge in [0.05, 0.1) is 16.3 Å². The molecule has 1 amide bonds. The molecule has 3 aromatic rings. The maximum Gasteiger partial charge on any atom is 0.254 e. The number of carbonyl (C=O) groups excluding carboxylic acids is 1. The van der Waals surface area contributed by atoms with Crippen LogP contribution in [0.3, 0.4) is 0 Å². The van der Waals surface area contributed by atoms with Crippen molar-refractivity contribution in [1.29, 1.82) is 0 Å². The van der Waals surface area contributed by atoms with Crippen molar-refractivity contribution >= 4 is 27.3 Å². The first-order chi connectivity index (χ1) is 15.4. The Hall–Kier alpha value is -2.60. The van der Waals surface area contributed by atoms with Gasteiger partial charge in [0.2, 0.25) is 21.7 Å². The quantitative estimate of drug-likeness (QED) is 0.559. The van der Waals surface area contributed by atoms with Crippen molar-refractivity contribution in [3.63, 3.8) is 0 Å². The lowest BCUT2D eigenvalue weighted by Crippen LogP contribution is -2.48. The maximum absolute atomic E-state index is 13.1. The highest BCUT2D eigenvalue weighted by Gasteiger charge is 2.26. The molecule has 170 valence electrons. The molecule has 0 spiro atoms. The van der Waals surface area contributed by atoms with Gasteiger partial charge in [0.1, 0.15) is 0 Å². The van der Waals surface area contributed by atoms with Gasteiger partial charge in [-0.15, -0.1) is 11.3 Å². The zero-order valence-corrected chi connectivity index (χ0v) is 19.6. The minimum Gasteiger partial charge on any atom is -0.338 e. The van der Waals surface area contributed by atoms with Gasteiger partial charge < -0.3 is 9.42 Å². The largest absolute Gasteiger partial charge is 0.338 e. The van der Waals surface area contributed by atoms with E-state index in [9.17, 15) is 13.2 Å². The van der Waals surface area contributed by atoms with Crippen LogP contribution in [0, 0.1) is 6.92 Å². The predicted octanol–water partition coefficient (Wildman–Crippen LogP) is 2.36. The van der Waals surface area contributed by atoms with Crippen molar-refractivity contribution in [2.75, 3.05) is 32.7 Å². The Morgan fingerprint density at radius 2 is 2.00 bits per heavy atom. The molecular weight excluding hydrogens is 450 g/mol. The minimum absolute atomic E-state index is 0.102. The second kappa shape index (κ2) is 9.49. The summed E-state index contributed by atoms with van der Waals surface area (Å²) in [6.07, 6.45) is 0. The third-order valence-electron chi connectivity index (χ3n) is 5.31. The van der Waals surface area contributed by atoms with Crippen LogP contribution in [0.5, 0.6) is 0 Å². The molecule has 1 saturated heterocycles. The van der Waals surface area contributed by atoms with E-state index in [1.165, 1.54) is 12.1 Å². The summed E-state index contributed by atoms with van der Waals surface area (Å²) in [4.78, 5) is 22.5. The van der Waals surface area contributed by atoms with E-state index in [1.807, 2.05) is 24.4 Å². The van der Waals surface area contributed by atoms with E-state index in [0.29, 0.717) is 50.0 Å². The molecule has 1 fully saturated rings. The summed E-state index contributed by atoms with van der Waals surface area (Å²) in [7, 11) is -3.62. The zero-order chi connectivity index (χ0) is 22.7. The lowest BCUT2D eigenvalue weighted by Gasteiger charge is -2.34. The number of aromatic nitrogens is 2. The van der Waals surface area contributed by atoms with Crippen LogP contribution < -0.4 is 4.72 Å². The van der Waals surface area contributed by atoms with Crippen molar-refractivity contribution < 1.29 is 17.7 Å². The molecule has 0 saturated carbocycles. The van der Waals surface area contributed by atoms with E-state index >= 15 is 0 Å². The van der Waals surface area contributed by atoms with Crippen LogP contribution in [-0.4, -0.2) is 67.0 Å². The van der Waals surface area contributed by atoms with Gasteiger partial charge in [-0.25, -0.2) is 13.1 Å². The molecule has 32 heavy (non-hydrogen) atoms. The lowest BCUT2D eigenvalue weighted by atomic mass is 10.1. The number of sulfonamides is 1. The highest BCUT2D eigenvalue weighted by atomic mass is 32.2. The number of amides is 1. The summed E-state index contributed by atoms with van der Waals surface area (Å²) in [6, 6.07) is 8.56. The number of hydrogen-bond donors (Lipinski definition) is 1. The molecular formula is C21H25N5O4S2. The molecule has 0 unspecified atom stereocenters. The Morgan fingerprint density at radius 1 is 1.22 bits per heavy atom. The number of piperazine rings is 1. The summed E-state index contributed by atoms with van der Waals surface area (Å²) >= 11 is 1.56. The van der Waals surface area contributed by atoms with E-state index < -0.39 is 10.0 Å². The summed E-state index contributed by atoms with van der Waals surface area (Å²) in [6.45, 7) is 6.74. The molecule has 0 aliphatic carbocycles. The second-order valence-corrected chi connectivity index (χ2v) is 10.3. The highest BCUT2D eigenvalue weighted by molar-refractivity contribution is 7.89. The highest BCUT2D eigenvalue weighted by Crippen LogP contribution is 2.22. The molecule has 1 N–H and O–H groups in total. The van der Waals surface area contributed by atoms with Gasteiger partial charge >= 0.3 is 0 Å². The fourth-order valence-corrected chi connectivity index (χ4v) is 5.28. The first-order valence-electron chi connectivity index (χ1n) is 10.4. The van der Waals surface area contributed by atoms with Crippen LogP contribution in [0.4, 0.5) is 0 Å². The number of benzene rings is 1. The van der Waals surface area contributed by atoms with Gasteiger partial charge in [0.15, 0.2) is 0 Å². The Labute approximate surface area is 191 Å². The molecule has 0 atom stereocenters. The van der Waals surface area contributed by atoms with E-state index in [4.69, 9.17) is 4.52 Å². The molecule has 4 rings (SSSR count). The van der Waals surface area contributed by atoms with Crippen LogP contribution in [0.25, 0.3) is 10.7 Å². The predicted molar refractivity (Wildman–Crippen MR) is 121 cm³/mol. The van der Waals surface area contributed by atoms with Crippen molar-refractivity contribution in [2.24, 2.45) is 0 Å². The molecule has 0 bridgehead atoms. The Kier molecular flexibility index (Phi) is 6.70. The van der Waals surface area contributed by atoms with Crippen molar-refractivity contribution in [3.05, 3.63) is 52.7 Å². The van der Waals surface area contributed by atoms with Gasteiger partial charge in [0, 0.05) is 38.3 Å². The Morgan fingerprint density at radius 3 is 2.69 bits per heavy atom. The monoisotopic (exact) mass is 475 g/mol. The topological polar surface area (TPSA) is 109 Å². The number of nitrogens with zero attached hydrogens (tertiary/aromatic N) is 4. The zero-order valence-electron chi connectivity index (χ0n) is 17.9. The SMILES string of the molecule is CCNS(=O)(=O)c1ccc(C)c(C(=O)N2CCN(Cc3nc(-c4cccs4)no3)CC2)c1. The number of carbonyl (C=O) groups is 1. The van der Waals surface area contributed by atoms with Crippen LogP contribution in [0.15, 0.2) is 45.1 Å². The Bertz CT molecular complexity index is 1180. The molecule has 1 aromatic carbocycles. The number of hydrogen-bond acceptors (Lipinski definition) is 8. The molecule has 0 radical (unpaired) electrons. The van der Waals surface area contributed by atoms with Gasteiger partial charge in [0.25, 0.3) is 5.91 Å². The van der Waals surface area contributed by atoms with Crippen molar-refractivity contribution in [1.82, 2.24) is 24.7 Å². The first kappa shape index (κ1) is 22.6. The number of aryl methyl sites for hydroxylation is 1. The van der Waals surface area contributed by atoms with Gasteiger partial charge in [-0.05, 0) is 36.1 Å². The average molecular weight is 476 g/mol. The Balaban J connectivity index is 1.39. The van der Waals surface area contributed by atoms with Gasteiger partial charge in [-0.1, -0.05) is 24.2 Å². The second-order valence-electron chi connectivity index (χ2n) is 7.54. The van der Waals surface area contributed by atoms with Crippen molar-refractivity contribution in [2.45, 2.75) is 25.3 Å². The normalized spacial score (nSPS) is 15.2. The lowest BCUT2D eigenvalue weighted by molar-refractivity contribution is 0.0614. The standard InChI is InChI=1S/C21H25N5O4S2/c1-3-22-32(28,29)16-7-6-15(2)17(13-16)21(27)26-10-8-25(9-11-26)14-19-23-20(24-30-19)18-5-4-12-31-18/h4-7,12-13,22H,3,8-11,14H2,1-2H3. The third-order valence-corrected chi connectivity index (χ3v) is 7.72. The van der Waals surface area contributed by atoms with Gasteiger partial charge in [-0.3, -0.25) is 9.69 Å².